The average Bonchev–Trinajstić information content (AvgIpc) is 3.56. The Morgan fingerprint density at radius 1 is 1.19 bits per heavy atom. The SMILES string of the molecule is Nc1nccc(-c2sc(N3CCOCC3)nc2-c2cccc(NS(=O)(=O)C3CC3)c2F)n1. The number of hydrogen-bond acceptors (Lipinski definition) is 9. The summed E-state index contributed by atoms with van der Waals surface area (Å²) < 4.78 is 48.1. The van der Waals surface area contributed by atoms with Crippen molar-refractivity contribution in [1.82, 2.24) is 15.0 Å². The Bertz CT molecular complexity index is 1260. The number of nitrogens with two attached hydrogens (primary N) is 1. The molecule has 1 saturated heterocycles. The molecule has 0 bridgehead atoms. The van der Waals surface area contributed by atoms with Gasteiger partial charge in [0.05, 0.1) is 40.4 Å². The number of thiazole rings is 1. The number of nitrogens with one attached hydrogen (secondary N) is 1. The fraction of sp³-hybridized carbons (Fsp3) is 0.350. The summed E-state index contributed by atoms with van der Waals surface area (Å²) in [7, 11) is -3.61. The average molecular weight is 477 g/mol. The summed E-state index contributed by atoms with van der Waals surface area (Å²) >= 11 is 1.37. The number of sulfonamides is 1. The van der Waals surface area contributed by atoms with Crippen LogP contribution < -0.4 is 15.4 Å². The van der Waals surface area contributed by atoms with Gasteiger partial charge < -0.3 is 15.4 Å². The largest absolute Gasteiger partial charge is 0.378 e. The predicted molar refractivity (Wildman–Crippen MR) is 122 cm³/mol. The molecule has 0 radical (unpaired) electrons. The summed E-state index contributed by atoms with van der Waals surface area (Å²) in [6.45, 7) is 2.50. The Morgan fingerprint density at radius 3 is 2.69 bits per heavy atom. The first kappa shape index (κ1) is 21.0. The first-order valence-electron chi connectivity index (χ1n) is 10.2. The summed E-state index contributed by atoms with van der Waals surface area (Å²) in [5.41, 5.74) is 6.76. The maximum Gasteiger partial charge on any atom is 0.235 e. The zero-order valence-corrected chi connectivity index (χ0v) is 18.6. The number of nitrogens with zero attached hydrogens (tertiary/aromatic N) is 4. The lowest BCUT2D eigenvalue weighted by Crippen LogP contribution is -2.36. The van der Waals surface area contributed by atoms with Crippen molar-refractivity contribution in [3.05, 3.63) is 36.3 Å². The van der Waals surface area contributed by atoms with E-state index in [0.29, 0.717) is 60.5 Å². The van der Waals surface area contributed by atoms with Gasteiger partial charge in [0, 0.05) is 24.8 Å². The lowest BCUT2D eigenvalue weighted by molar-refractivity contribution is 0.122. The van der Waals surface area contributed by atoms with E-state index in [1.807, 2.05) is 0 Å². The van der Waals surface area contributed by atoms with Crippen LogP contribution in [-0.4, -0.2) is 54.9 Å². The van der Waals surface area contributed by atoms with Gasteiger partial charge >= 0.3 is 0 Å². The lowest BCUT2D eigenvalue weighted by atomic mass is 10.1. The standard InChI is InChI=1S/C20H21FN6O3S2/c21-16-13(2-1-3-14(16)26-32(28,29)12-4-5-12)17-18(15-6-7-23-19(22)24-15)31-20(25-17)27-8-10-30-11-9-27/h1-3,6-7,12,26H,4-5,8-11H2,(H2,22,23,24). The monoisotopic (exact) mass is 476 g/mol. The second-order valence-corrected chi connectivity index (χ2v) is 10.5. The maximum atomic E-state index is 15.5. The molecule has 12 heteroatoms. The fourth-order valence-electron chi connectivity index (χ4n) is 3.46. The molecule has 0 unspecified atom stereocenters. The van der Waals surface area contributed by atoms with E-state index in [9.17, 15) is 8.42 Å². The lowest BCUT2D eigenvalue weighted by Gasteiger charge is -2.26. The number of halogens is 1. The number of aromatic nitrogens is 3. The highest BCUT2D eigenvalue weighted by atomic mass is 32.2. The van der Waals surface area contributed by atoms with Gasteiger partial charge in [0.1, 0.15) is 0 Å². The van der Waals surface area contributed by atoms with Gasteiger partial charge in [-0.3, -0.25) is 4.72 Å². The zero-order valence-electron chi connectivity index (χ0n) is 17.0. The molecule has 1 aliphatic heterocycles. The molecule has 0 atom stereocenters. The molecule has 2 aromatic heterocycles. The Hall–Kier alpha value is -2.83. The Kier molecular flexibility index (Phi) is 5.43. The van der Waals surface area contributed by atoms with Gasteiger partial charge in [-0.05, 0) is 31.0 Å². The van der Waals surface area contributed by atoms with Crippen molar-refractivity contribution >= 4 is 38.1 Å². The van der Waals surface area contributed by atoms with Crippen molar-refractivity contribution < 1.29 is 17.5 Å². The third kappa shape index (κ3) is 4.12. The van der Waals surface area contributed by atoms with Crippen LogP contribution in [0.4, 0.5) is 21.2 Å². The van der Waals surface area contributed by atoms with Crippen LogP contribution in [0.5, 0.6) is 0 Å². The van der Waals surface area contributed by atoms with Gasteiger partial charge in [-0.2, -0.15) is 0 Å². The van der Waals surface area contributed by atoms with E-state index in [4.69, 9.17) is 15.5 Å². The Morgan fingerprint density at radius 2 is 1.97 bits per heavy atom. The van der Waals surface area contributed by atoms with Crippen LogP contribution in [0.25, 0.3) is 21.8 Å². The quantitative estimate of drug-likeness (QED) is 0.557. The third-order valence-electron chi connectivity index (χ3n) is 5.27. The van der Waals surface area contributed by atoms with E-state index in [2.05, 4.69) is 19.6 Å². The molecule has 0 amide bonds. The molecule has 0 spiro atoms. The number of anilines is 3. The molecule has 3 aromatic rings. The first-order chi connectivity index (χ1) is 15.4. The summed E-state index contributed by atoms with van der Waals surface area (Å²) in [5, 5.41) is 0.246. The number of morpholine rings is 1. The summed E-state index contributed by atoms with van der Waals surface area (Å²) in [5.74, 6) is -0.583. The summed E-state index contributed by atoms with van der Waals surface area (Å²) in [6, 6.07) is 6.29. The molecule has 3 N–H and O–H groups in total. The number of benzene rings is 1. The highest BCUT2D eigenvalue weighted by Gasteiger charge is 2.36. The molecule has 2 aliphatic rings. The molecule has 5 rings (SSSR count). The van der Waals surface area contributed by atoms with Crippen molar-refractivity contribution in [3.63, 3.8) is 0 Å². The van der Waals surface area contributed by atoms with Crippen molar-refractivity contribution in [1.29, 1.82) is 0 Å². The van der Waals surface area contributed by atoms with Crippen molar-refractivity contribution in [2.45, 2.75) is 18.1 Å². The molecule has 32 heavy (non-hydrogen) atoms. The van der Waals surface area contributed by atoms with Gasteiger partial charge in [-0.15, -0.1) is 0 Å². The zero-order chi connectivity index (χ0) is 22.3. The molecule has 1 aromatic carbocycles. The van der Waals surface area contributed by atoms with Crippen LogP contribution >= 0.6 is 11.3 Å². The molecular weight excluding hydrogens is 455 g/mol. The van der Waals surface area contributed by atoms with Crippen molar-refractivity contribution in [2.24, 2.45) is 0 Å². The van der Waals surface area contributed by atoms with Gasteiger partial charge in [0.15, 0.2) is 10.9 Å². The second kappa shape index (κ2) is 8.26. The highest BCUT2D eigenvalue weighted by Crippen LogP contribution is 2.42. The van der Waals surface area contributed by atoms with Gasteiger partial charge in [0.25, 0.3) is 0 Å². The molecule has 1 aliphatic carbocycles. The normalized spacial score (nSPS) is 16.8. The number of hydrogen-bond donors (Lipinski definition) is 2. The Balaban J connectivity index is 1.60. The van der Waals surface area contributed by atoms with Crippen LogP contribution in [0.15, 0.2) is 30.5 Å². The van der Waals surface area contributed by atoms with Gasteiger partial charge in [-0.25, -0.2) is 27.8 Å². The second-order valence-electron chi connectivity index (χ2n) is 7.59. The van der Waals surface area contributed by atoms with E-state index in [-0.39, 0.29) is 17.2 Å². The number of rotatable bonds is 6. The van der Waals surface area contributed by atoms with Crippen molar-refractivity contribution in [3.8, 4) is 21.8 Å². The predicted octanol–water partition coefficient (Wildman–Crippen LogP) is 2.73. The highest BCUT2D eigenvalue weighted by molar-refractivity contribution is 7.93. The minimum atomic E-state index is -3.61. The maximum absolute atomic E-state index is 15.5. The van der Waals surface area contributed by atoms with Crippen LogP contribution in [-0.2, 0) is 14.8 Å². The number of ether oxygens (including phenoxy) is 1. The van der Waals surface area contributed by atoms with Gasteiger partial charge in [0.2, 0.25) is 16.0 Å². The third-order valence-corrected chi connectivity index (χ3v) is 8.27. The van der Waals surface area contributed by atoms with E-state index >= 15 is 4.39 Å². The van der Waals surface area contributed by atoms with E-state index in [1.165, 1.54) is 23.6 Å². The number of nitrogen functional groups attached to an aromatic ring is 1. The van der Waals surface area contributed by atoms with Crippen LogP contribution in [0.2, 0.25) is 0 Å². The minimum absolute atomic E-state index is 0.0940. The smallest absolute Gasteiger partial charge is 0.235 e. The molecule has 168 valence electrons. The minimum Gasteiger partial charge on any atom is -0.378 e. The molecular formula is C20H21FN6O3S2. The first-order valence-corrected chi connectivity index (χ1v) is 12.5. The van der Waals surface area contributed by atoms with Crippen LogP contribution in [0, 0.1) is 5.82 Å². The Labute approximate surface area is 188 Å². The van der Waals surface area contributed by atoms with Gasteiger partial charge in [-0.1, -0.05) is 17.4 Å². The van der Waals surface area contributed by atoms with Crippen molar-refractivity contribution in [2.75, 3.05) is 41.7 Å². The summed E-state index contributed by atoms with van der Waals surface area (Å²) in [6.07, 6.45) is 2.71. The van der Waals surface area contributed by atoms with Crippen LogP contribution in [0.1, 0.15) is 12.8 Å². The molecule has 1 saturated carbocycles. The molecule has 9 nitrogen and oxygen atoms in total. The topological polar surface area (TPSA) is 123 Å². The molecule has 3 heterocycles. The molecule has 2 fully saturated rings. The van der Waals surface area contributed by atoms with E-state index < -0.39 is 21.1 Å². The summed E-state index contributed by atoms with van der Waals surface area (Å²) in [4.78, 5) is 15.6. The van der Waals surface area contributed by atoms with Crippen LogP contribution in [0.3, 0.4) is 0 Å². The fourth-order valence-corrected chi connectivity index (χ4v) is 5.95. The van der Waals surface area contributed by atoms with E-state index in [1.54, 1.807) is 18.2 Å². The van der Waals surface area contributed by atoms with E-state index in [0.717, 1.165) is 0 Å².